The van der Waals surface area contributed by atoms with Crippen molar-refractivity contribution in [2.24, 2.45) is 47.3 Å². The van der Waals surface area contributed by atoms with Crippen molar-refractivity contribution in [3.05, 3.63) is 48.6 Å². The van der Waals surface area contributed by atoms with Crippen LogP contribution in [0.15, 0.2) is 48.6 Å². The minimum atomic E-state index is -6.04. The zero-order chi connectivity index (χ0) is 36.4. The van der Waals surface area contributed by atoms with Crippen molar-refractivity contribution in [1.29, 1.82) is 0 Å². The molecule has 3 heterocycles. The monoisotopic (exact) mass is 746 g/mol. The molecular formula is C28H28F6N2O11S2. The number of hydrogen-bond acceptors (Lipinski definition) is 11. The highest BCUT2D eigenvalue weighted by Gasteiger charge is 2.74. The van der Waals surface area contributed by atoms with Crippen LogP contribution in [0.4, 0.5) is 26.3 Å². The summed E-state index contributed by atoms with van der Waals surface area (Å²) in [5, 5.41) is -0.480. The van der Waals surface area contributed by atoms with Crippen molar-refractivity contribution in [3.63, 3.8) is 0 Å². The summed E-state index contributed by atoms with van der Waals surface area (Å²) >= 11 is 0. The van der Waals surface area contributed by atoms with Crippen molar-refractivity contribution in [2.45, 2.75) is 49.9 Å². The van der Waals surface area contributed by atoms with Crippen LogP contribution < -0.4 is 0 Å². The van der Waals surface area contributed by atoms with Gasteiger partial charge in [0.2, 0.25) is 0 Å². The van der Waals surface area contributed by atoms with E-state index in [2.05, 4.69) is 8.57 Å². The third-order valence-electron chi connectivity index (χ3n) is 9.24. The molecule has 4 bridgehead atoms. The Labute approximate surface area is 275 Å². The molecule has 13 nitrogen and oxygen atoms in total. The second kappa shape index (κ2) is 12.7. The number of ether oxygens (including phenoxy) is 1. The van der Waals surface area contributed by atoms with Crippen LogP contribution in [-0.2, 0) is 52.7 Å². The van der Waals surface area contributed by atoms with Crippen LogP contribution in [0.25, 0.3) is 0 Å². The molecule has 3 saturated carbocycles. The Balaban J connectivity index is 0.000000157. The summed E-state index contributed by atoms with van der Waals surface area (Å²) in [6.07, 6.45) is 4.33. The summed E-state index contributed by atoms with van der Waals surface area (Å²) in [7, 11) is -12.1. The van der Waals surface area contributed by atoms with E-state index < -0.39 is 78.6 Å². The average Bonchev–Trinajstić information content (AvgIpc) is 3.47. The number of carbonyl (C=O) groups excluding carboxylic acids is 4. The highest BCUT2D eigenvalue weighted by Crippen LogP contribution is 2.64. The molecule has 10 unspecified atom stereocenters. The fourth-order valence-corrected chi connectivity index (χ4v) is 8.24. The summed E-state index contributed by atoms with van der Waals surface area (Å²) in [6.45, 7) is 4.00. The lowest BCUT2D eigenvalue weighted by Crippen LogP contribution is -2.39. The molecule has 0 spiro atoms. The maximum Gasteiger partial charge on any atom is 0.525 e. The number of hydrogen-bond donors (Lipinski definition) is 0. The van der Waals surface area contributed by atoms with Crippen molar-refractivity contribution in [2.75, 3.05) is 0 Å². The standard InChI is InChI=1S/C10H8F3NO6S.C10H8F3NO5S.C6H6.C2H6/c11-10(12,13)21(17,18)20-14-8(15)4-2-1-3(5(4)9(14)16)7-6(2)19-7;11-10(12,13)20(17,18)19-14-8(15)6-4-1-2-5(3-4)7(6)9(14)16;1-2-4-6-5-3-1;1-2/h2-7H,1H2;1-2,4-7H,3H2;1-6H;1-2H3. The van der Waals surface area contributed by atoms with Gasteiger partial charge < -0.3 is 4.74 Å². The van der Waals surface area contributed by atoms with Crippen molar-refractivity contribution in [3.8, 4) is 0 Å². The number of alkyl halides is 6. The van der Waals surface area contributed by atoms with Gasteiger partial charge in [0.1, 0.15) is 0 Å². The second-order valence-electron chi connectivity index (χ2n) is 11.7. The third kappa shape index (κ3) is 6.27. The zero-order valence-electron chi connectivity index (χ0n) is 25.3. The number of benzene rings is 1. The molecule has 10 atom stereocenters. The number of imide groups is 2. The molecule has 21 heteroatoms. The van der Waals surface area contributed by atoms with E-state index >= 15 is 0 Å². The Morgan fingerprint density at radius 1 is 0.592 bits per heavy atom. The first-order valence-corrected chi connectivity index (χ1v) is 17.7. The molecule has 0 aromatic heterocycles. The number of fused-ring (bicyclic) bond motifs is 13. The van der Waals surface area contributed by atoms with Crippen LogP contribution in [0.1, 0.15) is 26.7 Å². The number of carbonyl (C=O) groups is 4. The van der Waals surface area contributed by atoms with Gasteiger partial charge in [-0.2, -0.15) is 43.2 Å². The van der Waals surface area contributed by atoms with E-state index in [4.69, 9.17) is 4.74 Å². The first-order chi connectivity index (χ1) is 22.8. The number of nitrogens with zero attached hydrogens (tertiary/aromatic N) is 2. The molecule has 49 heavy (non-hydrogen) atoms. The van der Waals surface area contributed by atoms with E-state index in [1.807, 2.05) is 50.2 Å². The topological polar surface area (TPSA) is 174 Å². The normalized spacial score (nSPS) is 34.8. The van der Waals surface area contributed by atoms with Crippen LogP contribution in [0.5, 0.6) is 0 Å². The average molecular weight is 747 g/mol. The van der Waals surface area contributed by atoms with Gasteiger partial charge in [-0.1, -0.05) is 62.4 Å². The minimum absolute atomic E-state index is 0.146. The summed E-state index contributed by atoms with van der Waals surface area (Å²) in [6, 6.07) is 12.0. The van der Waals surface area contributed by atoms with E-state index in [1.165, 1.54) is 0 Å². The highest BCUT2D eigenvalue weighted by molar-refractivity contribution is 7.87. The fraction of sp³-hybridized carbons (Fsp3) is 0.571. The van der Waals surface area contributed by atoms with Crippen molar-refractivity contribution >= 4 is 43.9 Å². The smallest absolute Gasteiger partial charge is 0.369 e. The van der Waals surface area contributed by atoms with E-state index in [9.17, 15) is 62.4 Å². The molecule has 0 N–H and O–H groups in total. The molecule has 0 radical (unpaired) electrons. The fourth-order valence-electron chi connectivity index (χ4n) is 7.38. The third-order valence-corrected chi connectivity index (χ3v) is 11.1. The van der Waals surface area contributed by atoms with Crippen LogP contribution in [-0.4, -0.2) is 73.8 Å². The van der Waals surface area contributed by atoms with Gasteiger partial charge in [0.25, 0.3) is 23.6 Å². The number of rotatable bonds is 4. The van der Waals surface area contributed by atoms with Gasteiger partial charge >= 0.3 is 31.3 Å². The first kappa shape index (κ1) is 36.9. The SMILES string of the molecule is CC.O=C1C2C3C=CC(C3)C2C(=O)N1OS(=O)(=O)C(F)(F)F.O=C1C2C3CC(C4OC34)C2C(=O)N1OS(=O)(=O)C(F)(F)F.c1ccccc1. The van der Waals surface area contributed by atoms with Crippen LogP contribution >= 0.6 is 0 Å². The number of hydroxylamine groups is 4. The number of halogens is 6. The first-order valence-electron chi connectivity index (χ1n) is 14.9. The Morgan fingerprint density at radius 3 is 1.20 bits per heavy atom. The molecule has 6 fully saturated rings. The van der Waals surface area contributed by atoms with Gasteiger partial charge in [-0.15, -0.1) is 18.7 Å². The van der Waals surface area contributed by atoms with Gasteiger partial charge in [0.15, 0.2) is 0 Å². The van der Waals surface area contributed by atoms with Crippen LogP contribution in [0.2, 0.25) is 0 Å². The van der Waals surface area contributed by atoms with E-state index in [0.717, 1.165) is 0 Å². The predicted molar refractivity (Wildman–Crippen MR) is 149 cm³/mol. The van der Waals surface area contributed by atoms with E-state index in [-0.39, 0.29) is 46.0 Å². The molecule has 270 valence electrons. The summed E-state index contributed by atoms with van der Waals surface area (Å²) < 4.78 is 130. The summed E-state index contributed by atoms with van der Waals surface area (Å²) in [5.41, 5.74) is -11.4. The minimum Gasteiger partial charge on any atom is -0.369 e. The Morgan fingerprint density at radius 2 is 0.898 bits per heavy atom. The van der Waals surface area contributed by atoms with Crippen molar-refractivity contribution < 1.29 is 75.7 Å². The Bertz CT molecular complexity index is 1660. The maximum absolute atomic E-state index is 12.3. The molecule has 3 saturated heterocycles. The van der Waals surface area contributed by atoms with Gasteiger partial charge in [-0.05, 0) is 24.7 Å². The molecule has 4 aliphatic carbocycles. The van der Waals surface area contributed by atoms with E-state index in [1.54, 1.807) is 12.2 Å². The van der Waals surface area contributed by atoms with Crippen LogP contribution in [0.3, 0.4) is 0 Å². The largest absolute Gasteiger partial charge is 0.525 e. The number of amides is 4. The molecular weight excluding hydrogens is 718 g/mol. The molecule has 1 aromatic rings. The quantitative estimate of drug-likeness (QED) is 0.146. The van der Waals surface area contributed by atoms with Crippen molar-refractivity contribution in [1.82, 2.24) is 10.1 Å². The maximum atomic E-state index is 12.3. The Hall–Kier alpha value is -3.40. The van der Waals surface area contributed by atoms with Gasteiger partial charge in [-0.25, -0.2) is 0 Å². The van der Waals surface area contributed by atoms with E-state index in [0.29, 0.717) is 12.8 Å². The predicted octanol–water partition coefficient (Wildman–Crippen LogP) is 3.07. The molecule has 1 aromatic carbocycles. The molecule has 4 amide bonds. The summed E-state index contributed by atoms with van der Waals surface area (Å²) in [4.78, 5) is 47.9. The lowest BCUT2D eigenvalue weighted by atomic mass is 9.81. The zero-order valence-corrected chi connectivity index (χ0v) is 26.9. The molecule has 3 aliphatic heterocycles. The lowest BCUT2D eigenvalue weighted by molar-refractivity contribution is -0.171. The highest BCUT2D eigenvalue weighted by atomic mass is 32.2. The second-order valence-corrected chi connectivity index (χ2v) is 14.8. The molecule has 8 rings (SSSR count). The number of allylic oxidation sites excluding steroid dienone is 2. The lowest BCUT2D eigenvalue weighted by Gasteiger charge is -2.17. The van der Waals surface area contributed by atoms with Crippen LogP contribution in [0, 0.1) is 47.3 Å². The summed E-state index contributed by atoms with van der Waals surface area (Å²) in [5.74, 6) is -8.40. The van der Waals surface area contributed by atoms with Gasteiger partial charge in [-0.3, -0.25) is 19.2 Å². The van der Waals surface area contributed by atoms with Gasteiger partial charge in [0.05, 0.1) is 35.9 Å². The Kier molecular flexibility index (Phi) is 9.58. The van der Waals surface area contributed by atoms with Gasteiger partial charge in [0, 0.05) is 11.8 Å². The molecule has 7 aliphatic rings. The number of epoxide rings is 1.